The van der Waals surface area contributed by atoms with E-state index in [9.17, 15) is 13.2 Å². The summed E-state index contributed by atoms with van der Waals surface area (Å²) in [6, 6.07) is 7.75. The molecule has 2 rings (SSSR count). The molecule has 1 N–H and O–H groups in total. The highest BCUT2D eigenvalue weighted by Gasteiger charge is 2.25. The SMILES string of the molecule is COc1cccc(CCCNC(=O)N2CCN(S(C)(=O)=O)CC2)c1. The zero-order valence-corrected chi connectivity index (χ0v) is 15.0. The van der Waals surface area contributed by atoms with E-state index in [2.05, 4.69) is 5.32 Å². The van der Waals surface area contributed by atoms with E-state index < -0.39 is 10.0 Å². The standard InChI is InChI=1S/C16H25N3O4S/c1-23-15-7-3-5-14(13-15)6-4-8-17-16(20)18-9-11-19(12-10-18)24(2,21)22/h3,5,7,13H,4,6,8-12H2,1-2H3,(H,17,20). The zero-order chi connectivity index (χ0) is 17.6. The number of sulfonamides is 1. The van der Waals surface area contributed by atoms with Gasteiger partial charge >= 0.3 is 6.03 Å². The normalized spacial score (nSPS) is 16.0. The van der Waals surface area contributed by atoms with Crippen molar-refractivity contribution in [1.29, 1.82) is 0 Å². The van der Waals surface area contributed by atoms with Gasteiger partial charge in [-0.1, -0.05) is 12.1 Å². The number of hydrogen-bond acceptors (Lipinski definition) is 4. The summed E-state index contributed by atoms with van der Waals surface area (Å²) in [5, 5.41) is 2.89. The number of urea groups is 1. The van der Waals surface area contributed by atoms with Gasteiger partial charge in [-0.25, -0.2) is 13.2 Å². The van der Waals surface area contributed by atoms with Crippen LogP contribution in [-0.4, -0.2) is 69.7 Å². The van der Waals surface area contributed by atoms with Gasteiger partial charge < -0.3 is 15.0 Å². The molecule has 1 aliphatic heterocycles. The molecule has 1 saturated heterocycles. The van der Waals surface area contributed by atoms with Gasteiger partial charge in [0.05, 0.1) is 13.4 Å². The van der Waals surface area contributed by atoms with Crippen LogP contribution in [0.2, 0.25) is 0 Å². The van der Waals surface area contributed by atoms with Crippen LogP contribution in [-0.2, 0) is 16.4 Å². The molecule has 1 aliphatic rings. The van der Waals surface area contributed by atoms with E-state index in [1.165, 1.54) is 16.1 Å². The first-order valence-corrected chi connectivity index (χ1v) is 9.86. The van der Waals surface area contributed by atoms with Gasteiger partial charge in [-0.15, -0.1) is 0 Å². The number of nitrogens with one attached hydrogen (secondary N) is 1. The molecule has 1 fully saturated rings. The molecule has 0 unspecified atom stereocenters. The van der Waals surface area contributed by atoms with Crippen molar-refractivity contribution in [2.75, 3.05) is 46.1 Å². The lowest BCUT2D eigenvalue weighted by molar-refractivity contribution is 0.172. The number of aryl methyl sites for hydroxylation is 1. The number of carbonyl (C=O) groups excluding carboxylic acids is 1. The van der Waals surface area contributed by atoms with Crippen molar-refractivity contribution in [2.24, 2.45) is 0 Å². The van der Waals surface area contributed by atoms with Crippen LogP contribution in [0.1, 0.15) is 12.0 Å². The van der Waals surface area contributed by atoms with Crippen LogP contribution >= 0.6 is 0 Å². The molecule has 0 radical (unpaired) electrons. The molecule has 1 heterocycles. The summed E-state index contributed by atoms with van der Waals surface area (Å²) in [6.07, 6.45) is 2.89. The van der Waals surface area contributed by atoms with E-state index in [0.717, 1.165) is 18.6 Å². The first kappa shape index (κ1) is 18.5. The summed E-state index contributed by atoms with van der Waals surface area (Å²) < 4.78 is 29.5. The van der Waals surface area contributed by atoms with Crippen LogP contribution in [0.15, 0.2) is 24.3 Å². The fourth-order valence-electron chi connectivity index (χ4n) is 2.65. The topological polar surface area (TPSA) is 79.0 Å². The average Bonchev–Trinajstić information content (AvgIpc) is 2.58. The molecule has 8 heteroatoms. The monoisotopic (exact) mass is 355 g/mol. The van der Waals surface area contributed by atoms with E-state index >= 15 is 0 Å². The number of piperazine rings is 1. The lowest BCUT2D eigenvalue weighted by Gasteiger charge is -2.33. The largest absolute Gasteiger partial charge is 0.497 e. The summed E-state index contributed by atoms with van der Waals surface area (Å²) in [7, 11) is -1.53. The average molecular weight is 355 g/mol. The minimum absolute atomic E-state index is 0.131. The molecule has 0 saturated carbocycles. The Kier molecular flexibility index (Phi) is 6.44. The van der Waals surface area contributed by atoms with E-state index in [1.807, 2.05) is 24.3 Å². The fraction of sp³-hybridized carbons (Fsp3) is 0.562. The first-order valence-electron chi connectivity index (χ1n) is 8.01. The highest BCUT2D eigenvalue weighted by Crippen LogP contribution is 2.13. The Morgan fingerprint density at radius 1 is 1.25 bits per heavy atom. The maximum absolute atomic E-state index is 12.1. The van der Waals surface area contributed by atoms with E-state index in [1.54, 1.807) is 12.0 Å². The molecule has 24 heavy (non-hydrogen) atoms. The van der Waals surface area contributed by atoms with Crippen molar-refractivity contribution >= 4 is 16.1 Å². The fourth-order valence-corrected chi connectivity index (χ4v) is 3.48. The molecule has 1 aromatic rings. The Bertz CT molecular complexity index is 655. The third-order valence-corrected chi connectivity index (χ3v) is 5.35. The van der Waals surface area contributed by atoms with Gasteiger partial charge in [0.15, 0.2) is 0 Å². The van der Waals surface area contributed by atoms with Crippen molar-refractivity contribution in [2.45, 2.75) is 12.8 Å². The van der Waals surface area contributed by atoms with Crippen LogP contribution in [0, 0.1) is 0 Å². The zero-order valence-electron chi connectivity index (χ0n) is 14.2. The second-order valence-electron chi connectivity index (χ2n) is 5.84. The third-order valence-electron chi connectivity index (χ3n) is 4.05. The smallest absolute Gasteiger partial charge is 0.317 e. The Morgan fingerprint density at radius 2 is 1.96 bits per heavy atom. The minimum Gasteiger partial charge on any atom is -0.497 e. The number of nitrogens with zero attached hydrogens (tertiary/aromatic N) is 2. The summed E-state index contributed by atoms with van der Waals surface area (Å²) in [6.45, 7) is 2.15. The summed E-state index contributed by atoms with van der Waals surface area (Å²) in [4.78, 5) is 13.8. The molecule has 0 spiro atoms. The Labute approximate surface area is 143 Å². The lowest BCUT2D eigenvalue weighted by atomic mass is 10.1. The van der Waals surface area contributed by atoms with Crippen LogP contribution in [0.5, 0.6) is 5.75 Å². The number of hydrogen-bond donors (Lipinski definition) is 1. The van der Waals surface area contributed by atoms with Gasteiger partial charge in [0.25, 0.3) is 0 Å². The Hall–Kier alpha value is -1.80. The second kappa shape index (κ2) is 8.34. The van der Waals surface area contributed by atoms with Gasteiger partial charge in [-0.2, -0.15) is 4.31 Å². The van der Waals surface area contributed by atoms with Crippen LogP contribution in [0.25, 0.3) is 0 Å². The van der Waals surface area contributed by atoms with Crippen molar-refractivity contribution in [3.63, 3.8) is 0 Å². The Balaban J connectivity index is 1.68. The van der Waals surface area contributed by atoms with Gasteiger partial charge in [-0.05, 0) is 30.5 Å². The van der Waals surface area contributed by atoms with Crippen LogP contribution in [0.3, 0.4) is 0 Å². The van der Waals surface area contributed by atoms with Gasteiger partial charge in [0, 0.05) is 32.7 Å². The van der Waals surface area contributed by atoms with Crippen molar-refractivity contribution in [1.82, 2.24) is 14.5 Å². The molecule has 2 amide bonds. The Morgan fingerprint density at radius 3 is 2.58 bits per heavy atom. The van der Waals surface area contributed by atoms with Crippen molar-refractivity contribution < 1.29 is 17.9 Å². The van der Waals surface area contributed by atoms with E-state index in [4.69, 9.17) is 4.74 Å². The first-order chi connectivity index (χ1) is 11.4. The minimum atomic E-state index is -3.17. The number of ether oxygens (including phenoxy) is 1. The summed E-state index contributed by atoms with van der Waals surface area (Å²) in [5.41, 5.74) is 1.17. The predicted octanol–water partition coefficient (Wildman–Crippen LogP) is 0.915. The number of carbonyl (C=O) groups is 1. The van der Waals surface area contributed by atoms with Crippen LogP contribution in [0.4, 0.5) is 4.79 Å². The highest BCUT2D eigenvalue weighted by molar-refractivity contribution is 7.88. The molecule has 0 bridgehead atoms. The maximum atomic E-state index is 12.1. The predicted molar refractivity (Wildman–Crippen MR) is 92.7 cm³/mol. The highest BCUT2D eigenvalue weighted by atomic mass is 32.2. The maximum Gasteiger partial charge on any atom is 0.317 e. The van der Waals surface area contributed by atoms with E-state index in [-0.39, 0.29) is 6.03 Å². The van der Waals surface area contributed by atoms with Gasteiger partial charge in [-0.3, -0.25) is 0 Å². The molecule has 0 aliphatic carbocycles. The number of amides is 2. The lowest BCUT2D eigenvalue weighted by Crippen LogP contribution is -2.53. The summed E-state index contributed by atoms with van der Waals surface area (Å²) in [5.74, 6) is 0.834. The quantitative estimate of drug-likeness (QED) is 0.770. The van der Waals surface area contributed by atoms with E-state index in [0.29, 0.717) is 32.7 Å². The third kappa shape index (κ3) is 5.38. The molecular weight excluding hydrogens is 330 g/mol. The molecule has 134 valence electrons. The molecule has 0 aromatic heterocycles. The van der Waals surface area contributed by atoms with Gasteiger partial charge in [0.1, 0.15) is 5.75 Å². The molecule has 1 aromatic carbocycles. The molecule has 7 nitrogen and oxygen atoms in total. The van der Waals surface area contributed by atoms with Crippen LogP contribution < -0.4 is 10.1 Å². The van der Waals surface area contributed by atoms with Crippen molar-refractivity contribution in [3.8, 4) is 5.75 Å². The summed E-state index contributed by atoms with van der Waals surface area (Å²) >= 11 is 0. The van der Waals surface area contributed by atoms with Crippen molar-refractivity contribution in [3.05, 3.63) is 29.8 Å². The van der Waals surface area contributed by atoms with Gasteiger partial charge in [0.2, 0.25) is 10.0 Å². The number of rotatable bonds is 6. The second-order valence-corrected chi connectivity index (χ2v) is 7.82. The molecule has 0 atom stereocenters. The number of benzene rings is 1. The number of methoxy groups -OCH3 is 1. The molecular formula is C16H25N3O4S.